The van der Waals surface area contributed by atoms with E-state index in [2.05, 4.69) is 38.0 Å². The molecule has 2 atom stereocenters. The lowest BCUT2D eigenvalue weighted by Gasteiger charge is -2.23. The van der Waals surface area contributed by atoms with Crippen molar-refractivity contribution < 1.29 is 0 Å². The number of nitrogens with zero attached hydrogens (tertiary/aromatic N) is 1. The van der Waals surface area contributed by atoms with E-state index in [9.17, 15) is 0 Å². The van der Waals surface area contributed by atoms with Crippen molar-refractivity contribution in [3.63, 3.8) is 0 Å². The lowest BCUT2D eigenvalue weighted by molar-refractivity contribution is 0.225. The standard InChI is InChI=1S/C13H30N2/c1-6-12(2)10-8-7-9-11-15(5)13(3)14-4/h12-14H,6-11H2,1-5H3. The van der Waals surface area contributed by atoms with Crippen LogP contribution in [0.3, 0.4) is 0 Å². The summed E-state index contributed by atoms with van der Waals surface area (Å²) in [6, 6.07) is 0. The van der Waals surface area contributed by atoms with Crippen molar-refractivity contribution in [3.05, 3.63) is 0 Å². The van der Waals surface area contributed by atoms with Crippen molar-refractivity contribution in [1.82, 2.24) is 10.2 Å². The molecule has 2 nitrogen and oxygen atoms in total. The molecule has 0 fully saturated rings. The van der Waals surface area contributed by atoms with Crippen LogP contribution in [-0.4, -0.2) is 31.7 Å². The van der Waals surface area contributed by atoms with Crippen molar-refractivity contribution in [3.8, 4) is 0 Å². The van der Waals surface area contributed by atoms with Gasteiger partial charge in [0.25, 0.3) is 0 Å². The van der Waals surface area contributed by atoms with Gasteiger partial charge in [-0.25, -0.2) is 0 Å². The summed E-state index contributed by atoms with van der Waals surface area (Å²) in [5.41, 5.74) is 0. The fraction of sp³-hybridized carbons (Fsp3) is 1.00. The molecule has 15 heavy (non-hydrogen) atoms. The molecule has 0 aromatic heterocycles. The maximum Gasteiger partial charge on any atom is 0.0562 e. The van der Waals surface area contributed by atoms with E-state index < -0.39 is 0 Å². The predicted octanol–water partition coefficient (Wildman–Crippen LogP) is 3.09. The van der Waals surface area contributed by atoms with Crippen LogP contribution >= 0.6 is 0 Å². The smallest absolute Gasteiger partial charge is 0.0562 e. The molecule has 0 rings (SSSR count). The molecule has 1 N–H and O–H groups in total. The van der Waals surface area contributed by atoms with Crippen molar-refractivity contribution in [1.29, 1.82) is 0 Å². The average Bonchev–Trinajstić information content (AvgIpc) is 2.26. The molecule has 0 saturated heterocycles. The van der Waals surface area contributed by atoms with Gasteiger partial charge in [0.05, 0.1) is 6.17 Å². The van der Waals surface area contributed by atoms with Gasteiger partial charge in [-0.3, -0.25) is 4.90 Å². The highest BCUT2D eigenvalue weighted by atomic mass is 15.2. The summed E-state index contributed by atoms with van der Waals surface area (Å²) < 4.78 is 0. The van der Waals surface area contributed by atoms with Crippen LogP contribution in [-0.2, 0) is 0 Å². The fourth-order valence-corrected chi connectivity index (χ4v) is 1.65. The first-order valence-electron chi connectivity index (χ1n) is 6.49. The molecule has 0 aromatic carbocycles. The summed E-state index contributed by atoms with van der Waals surface area (Å²) in [5, 5.41) is 3.26. The van der Waals surface area contributed by atoms with Gasteiger partial charge in [0.15, 0.2) is 0 Å². The first-order valence-corrected chi connectivity index (χ1v) is 6.49. The first kappa shape index (κ1) is 14.9. The minimum atomic E-state index is 0.500. The zero-order chi connectivity index (χ0) is 11.7. The molecule has 0 aliphatic carbocycles. The van der Waals surface area contributed by atoms with E-state index in [1.165, 1.54) is 38.6 Å². The van der Waals surface area contributed by atoms with Gasteiger partial charge in [0, 0.05) is 0 Å². The van der Waals surface area contributed by atoms with E-state index in [0.29, 0.717) is 6.17 Å². The Balaban J connectivity index is 3.30. The van der Waals surface area contributed by atoms with Crippen LogP contribution in [0.25, 0.3) is 0 Å². The maximum absolute atomic E-state index is 3.26. The molecule has 0 aromatic rings. The van der Waals surface area contributed by atoms with Gasteiger partial charge in [0.1, 0.15) is 0 Å². The molecule has 0 saturated carbocycles. The number of rotatable bonds is 9. The third-order valence-electron chi connectivity index (χ3n) is 3.48. The Morgan fingerprint density at radius 1 is 1.13 bits per heavy atom. The lowest BCUT2D eigenvalue weighted by Crippen LogP contribution is -2.39. The summed E-state index contributed by atoms with van der Waals surface area (Å²) in [7, 11) is 4.21. The second-order valence-electron chi connectivity index (χ2n) is 4.81. The van der Waals surface area contributed by atoms with Crippen molar-refractivity contribution in [2.24, 2.45) is 5.92 Å². The normalized spacial score (nSPS) is 15.6. The third-order valence-corrected chi connectivity index (χ3v) is 3.48. The fourth-order valence-electron chi connectivity index (χ4n) is 1.65. The Morgan fingerprint density at radius 2 is 1.80 bits per heavy atom. The Hall–Kier alpha value is -0.0800. The van der Waals surface area contributed by atoms with Gasteiger partial charge in [-0.2, -0.15) is 0 Å². The van der Waals surface area contributed by atoms with Crippen LogP contribution in [0.5, 0.6) is 0 Å². The maximum atomic E-state index is 3.26. The molecule has 0 aliphatic heterocycles. The summed E-state index contributed by atoms with van der Waals surface area (Å²) >= 11 is 0. The van der Waals surface area contributed by atoms with E-state index >= 15 is 0 Å². The van der Waals surface area contributed by atoms with Gasteiger partial charge in [0.2, 0.25) is 0 Å². The molecular formula is C13H30N2. The SMILES string of the molecule is CCC(C)CCCCCN(C)C(C)NC. The summed E-state index contributed by atoms with van der Waals surface area (Å²) in [4.78, 5) is 2.38. The second-order valence-corrected chi connectivity index (χ2v) is 4.81. The van der Waals surface area contributed by atoms with Crippen LogP contribution in [0.4, 0.5) is 0 Å². The zero-order valence-corrected chi connectivity index (χ0v) is 11.3. The summed E-state index contributed by atoms with van der Waals surface area (Å²) in [6.45, 7) is 8.06. The van der Waals surface area contributed by atoms with Crippen LogP contribution in [0.2, 0.25) is 0 Å². The average molecular weight is 214 g/mol. The summed E-state index contributed by atoms with van der Waals surface area (Å²) in [6.07, 6.45) is 7.35. The molecule has 0 spiro atoms. The van der Waals surface area contributed by atoms with Crippen molar-refractivity contribution in [2.45, 2.75) is 59.0 Å². The topological polar surface area (TPSA) is 15.3 Å². The van der Waals surface area contributed by atoms with Gasteiger partial charge in [-0.05, 0) is 39.9 Å². The molecule has 0 amide bonds. The molecule has 0 bridgehead atoms. The minimum absolute atomic E-state index is 0.500. The number of nitrogens with one attached hydrogen (secondary N) is 1. The minimum Gasteiger partial charge on any atom is -0.305 e. The molecule has 92 valence electrons. The van der Waals surface area contributed by atoms with E-state index in [1.807, 2.05) is 7.05 Å². The Labute approximate surface area is 96.4 Å². The van der Waals surface area contributed by atoms with Gasteiger partial charge in [-0.1, -0.05) is 39.5 Å². The highest BCUT2D eigenvalue weighted by Crippen LogP contribution is 2.12. The Morgan fingerprint density at radius 3 is 2.33 bits per heavy atom. The Kier molecular flexibility index (Phi) is 9.12. The quantitative estimate of drug-likeness (QED) is 0.469. The van der Waals surface area contributed by atoms with E-state index in [-0.39, 0.29) is 0 Å². The molecule has 2 heteroatoms. The number of hydrogen-bond acceptors (Lipinski definition) is 2. The molecule has 2 unspecified atom stereocenters. The second kappa shape index (κ2) is 9.17. The lowest BCUT2D eigenvalue weighted by atomic mass is 10.0. The van der Waals surface area contributed by atoms with E-state index in [4.69, 9.17) is 0 Å². The van der Waals surface area contributed by atoms with E-state index in [1.54, 1.807) is 0 Å². The van der Waals surface area contributed by atoms with Crippen LogP contribution in [0, 0.1) is 5.92 Å². The van der Waals surface area contributed by atoms with Crippen molar-refractivity contribution >= 4 is 0 Å². The molecular weight excluding hydrogens is 184 g/mol. The Bertz CT molecular complexity index is 136. The zero-order valence-electron chi connectivity index (χ0n) is 11.3. The van der Waals surface area contributed by atoms with Crippen molar-refractivity contribution in [2.75, 3.05) is 20.6 Å². The highest BCUT2D eigenvalue weighted by Gasteiger charge is 2.05. The van der Waals surface area contributed by atoms with E-state index in [0.717, 1.165) is 5.92 Å². The van der Waals surface area contributed by atoms with Gasteiger partial charge >= 0.3 is 0 Å². The number of hydrogen-bond donors (Lipinski definition) is 1. The van der Waals surface area contributed by atoms with Gasteiger partial charge in [-0.15, -0.1) is 0 Å². The largest absolute Gasteiger partial charge is 0.305 e. The van der Waals surface area contributed by atoms with Gasteiger partial charge < -0.3 is 5.32 Å². The third kappa shape index (κ3) is 7.80. The predicted molar refractivity (Wildman–Crippen MR) is 69.1 cm³/mol. The van der Waals surface area contributed by atoms with Crippen LogP contribution < -0.4 is 5.32 Å². The first-order chi connectivity index (χ1) is 7.11. The molecule has 0 radical (unpaired) electrons. The number of unbranched alkanes of at least 4 members (excludes halogenated alkanes) is 2. The molecule has 0 heterocycles. The van der Waals surface area contributed by atoms with Crippen LogP contribution in [0.15, 0.2) is 0 Å². The molecule has 0 aliphatic rings. The van der Waals surface area contributed by atoms with Crippen LogP contribution in [0.1, 0.15) is 52.9 Å². The highest BCUT2D eigenvalue weighted by molar-refractivity contribution is 4.59. The summed E-state index contributed by atoms with van der Waals surface area (Å²) in [5.74, 6) is 0.916. The monoisotopic (exact) mass is 214 g/mol.